The number of nitrogens with zero attached hydrogens (tertiary/aromatic N) is 6. The van der Waals surface area contributed by atoms with Crippen molar-refractivity contribution in [3.8, 4) is 11.5 Å². The van der Waals surface area contributed by atoms with Crippen LogP contribution in [-0.2, 0) is 39.0 Å². The molecule has 0 saturated heterocycles. The van der Waals surface area contributed by atoms with E-state index in [4.69, 9.17) is 30.6 Å². The summed E-state index contributed by atoms with van der Waals surface area (Å²) in [6, 6.07) is 44.7. The number of pyridine rings is 2. The third-order valence-electron chi connectivity index (χ3n) is 6.73. The van der Waals surface area contributed by atoms with Crippen molar-refractivity contribution in [1.29, 1.82) is 0 Å². The van der Waals surface area contributed by atoms with Crippen molar-refractivity contribution < 1.29 is 59.3 Å². The first kappa shape index (κ1) is 45.8. The van der Waals surface area contributed by atoms with E-state index in [0.29, 0.717) is 11.1 Å². The molecule has 0 aliphatic carbocycles. The smallest absolute Gasteiger partial charge is 0.872 e. The summed E-state index contributed by atoms with van der Waals surface area (Å²) in [4.78, 5) is 34.5. The Morgan fingerprint density at radius 2 is 0.759 bits per heavy atom. The van der Waals surface area contributed by atoms with Gasteiger partial charge in [-0.25, -0.2) is 0 Å². The van der Waals surface area contributed by atoms with E-state index < -0.39 is 10.2 Å². The summed E-state index contributed by atoms with van der Waals surface area (Å²) in [7, 11) is 0. The third kappa shape index (κ3) is 16.9. The molecule has 0 fully saturated rings. The maximum atomic E-state index is 11.8. The zero-order valence-electron chi connectivity index (χ0n) is 28.7. The molecule has 0 aliphatic heterocycles. The van der Waals surface area contributed by atoms with Crippen LogP contribution in [0.5, 0.6) is 11.5 Å². The molecule has 0 spiro atoms. The van der Waals surface area contributed by atoms with E-state index >= 15 is 0 Å². The van der Waals surface area contributed by atoms with E-state index in [1.807, 2.05) is 109 Å². The van der Waals surface area contributed by atoms with Crippen molar-refractivity contribution >= 4 is 12.4 Å². The first-order valence-electron chi connectivity index (χ1n) is 15.3. The standard InChI is InChI=1S/2C19H16N2O.2NO3.2Zn/c2*22-18-12-5-4-10-16(18)14-21-19(15-8-2-1-3-9-15)17-11-6-7-13-20-17;2*2-1(3)4;;/h2*1-14,19,22H;;;;/q;;2*-1;2*+2/p-2/t2*19-;;;;/m10..../s1. The van der Waals surface area contributed by atoms with Gasteiger partial charge in [-0.1, -0.05) is 121 Å². The molecule has 2 aromatic heterocycles. The minimum atomic E-state index is -1.75. The third-order valence-corrected chi connectivity index (χ3v) is 6.73. The zero-order chi connectivity index (χ0) is 37.6. The van der Waals surface area contributed by atoms with Gasteiger partial charge in [0.05, 0.1) is 21.6 Å². The summed E-state index contributed by atoms with van der Waals surface area (Å²) in [6.07, 6.45) is 6.77. The Kier molecular flexibility index (Phi) is 21.8. The number of aliphatic imine (C=N–C) groups is 2. The van der Waals surface area contributed by atoms with Gasteiger partial charge in [0, 0.05) is 24.8 Å². The van der Waals surface area contributed by atoms with Crippen molar-refractivity contribution in [3.63, 3.8) is 0 Å². The van der Waals surface area contributed by atoms with Crippen molar-refractivity contribution in [2.45, 2.75) is 12.1 Å². The van der Waals surface area contributed by atoms with Gasteiger partial charge < -0.3 is 40.9 Å². The second-order valence-electron chi connectivity index (χ2n) is 10.2. The monoisotopic (exact) mass is 826 g/mol. The predicted molar refractivity (Wildman–Crippen MR) is 193 cm³/mol. The maximum Gasteiger partial charge on any atom is 2.00 e. The molecule has 0 radical (unpaired) electrons. The second-order valence-corrected chi connectivity index (χ2v) is 10.2. The molecule has 0 amide bonds. The molecule has 14 nitrogen and oxygen atoms in total. The normalized spacial score (nSPS) is 11.0. The fourth-order valence-corrected chi connectivity index (χ4v) is 4.50. The molecule has 2 heterocycles. The van der Waals surface area contributed by atoms with Crippen LogP contribution in [0.2, 0.25) is 0 Å². The molecular formula is C38H30N6O8Zn2. The molecule has 0 saturated carbocycles. The SMILES string of the molecule is O=[N+]([O-])[O-].O=[N+]([O-])[O-].[O-]c1ccccc1C=N[C@@H](c1ccccc1)c1ccccn1.[O-]c1ccccc1C=N[C@H](c1ccccc1)c1ccccn1.[Zn+2].[Zn+2]. The molecule has 4 aromatic carbocycles. The second kappa shape index (κ2) is 25.7. The number of hydrogen-bond donors (Lipinski definition) is 0. The first-order valence-corrected chi connectivity index (χ1v) is 15.3. The van der Waals surface area contributed by atoms with Crippen LogP contribution in [0.3, 0.4) is 0 Å². The number of rotatable bonds is 8. The van der Waals surface area contributed by atoms with Crippen LogP contribution in [-0.4, -0.2) is 32.6 Å². The summed E-state index contributed by atoms with van der Waals surface area (Å²) in [6.45, 7) is 0. The largest absolute Gasteiger partial charge is 2.00 e. The maximum absolute atomic E-state index is 11.8. The van der Waals surface area contributed by atoms with Gasteiger partial charge in [-0.05, 0) is 46.5 Å². The van der Waals surface area contributed by atoms with Gasteiger partial charge in [0.2, 0.25) is 0 Å². The molecule has 0 aliphatic rings. The van der Waals surface area contributed by atoms with E-state index in [1.165, 1.54) is 0 Å². The summed E-state index contributed by atoms with van der Waals surface area (Å²) in [5.41, 5.74) is 4.96. The van der Waals surface area contributed by atoms with Gasteiger partial charge >= 0.3 is 39.0 Å². The average molecular weight is 829 g/mol. The van der Waals surface area contributed by atoms with Gasteiger partial charge in [0.1, 0.15) is 12.1 Å². The molecule has 16 heteroatoms. The minimum Gasteiger partial charge on any atom is -0.872 e. The van der Waals surface area contributed by atoms with Crippen LogP contribution in [0.15, 0.2) is 168 Å². The molecule has 264 valence electrons. The van der Waals surface area contributed by atoms with Crippen molar-refractivity contribution in [2.24, 2.45) is 9.98 Å². The summed E-state index contributed by atoms with van der Waals surface area (Å²) < 4.78 is 0. The minimum absolute atomic E-state index is 0. The van der Waals surface area contributed by atoms with Crippen LogP contribution in [0.4, 0.5) is 0 Å². The fourth-order valence-electron chi connectivity index (χ4n) is 4.50. The van der Waals surface area contributed by atoms with Crippen LogP contribution in [0.25, 0.3) is 0 Å². The number of aromatic nitrogens is 2. The van der Waals surface area contributed by atoms with Crippen LogP contribution in [0.1, 0.15) is 45.7 Å². The van der Waals surface area contributed by atoms with Gasteiger partial charge in [-0.15, -0.1) is 11.5 Å². The van der Waals surface area contributed by atoms with Crippen molar-refractivity contribution in [2.75, 3.05) is 0 Å². The molecule has 2 atom stereocenters. The van der Waals surface area contributed by atoms with Gasteiger partial charge in [0.15, 0.2) is 0 Å². The van der Waals surface area contributed by atoms with Gasteiger partial charge in [0.25, 0.3) is 0 Å². The van der Waals surface area contributed by atoms with Crippen molar-refractivity contribution in [3.05, 3.63) is 222 Å². The molecule has 0 bridgehead atoms. The van der Waals surface area contributed by atoms with Crippen molar-refractivity contribution in [1.82, 2.24) is 9.97 Å². The van der Waals surface area contributed by atoms with E-state index in [1.54, 1.807) is 61.2 Å². The van der Waals surface area contributed by atoms with E-state index in [2.05, 4.69) is 20.0 Å². The van der Waals surface area contributed by atoms with Crippen LogP contribution < -0.4 is 10.2 Å². The Labute approximate surface area is 336 Å². The average Bonchev–Trinajstić information content (AvgIpc) is 3.15. The Bertz CT molecular complexity index is 1780. The van der Waals surface area contributed by atoms with E-state index in [0.717, 1.165) is 22.5 Å². The zero-order valence-corrected chi connectivity index (χ0v) is 34.6. The summed E-state index contributed by atoms with van der Waals surface area (Å²) in [5.74, 6) is -0.0573. The number of hydrogen-bond acceptors (Lipinski definition) is 12. The van der Waals surface area contributed by atoms with Crippen LogP contribution >= 0.6 is 0 Å². The van der Waals surface area contributed by atoms with Gasteiger partial charge in [-0.3, -0.25) is 20.0 Å². The molecule has 6 aromatic rings. The molecule has 0 unspecified atom stereocenters. The molecule has 6 rings (SSSR count). The Hall–Kier alpha value is -6.23. The molecule has 54 heavy (non-hydrogen) atoms. The number of benzene rings is 4. The summed E-state index contributed by atoms with van der Waals surface area (Å²) in [5, 5.41) is 53.1. The summed E-state index contributed by atoms with van der Waals surface area (Å²) >= 11 is 0. The van der Waals surface area contributed by atoms with E-state index in [-0.39, 0.29) is 62.5 Å². The molecule has 0 N–H and O–H groups in total. The predicted octanol–water partition coefficient (Wildman–Crippen LogP) is 6.24. The quantitative estimate of drug-likeness (QED) is 0.0725. The molecular weight excluding hydrogens is 799 g/mol. The topological polar surface area (TPSA) is 229 Å². The number of para-hydroxylation sites is 2. The Balaban J connectivity index is 0.000000437. The van der Waals surface area contributed by atoms with Gasteiger partial charge in [-0.2, -0.15) is 0 Å². The fraction of sp³-hybridized carbons (Fsp3) is 0.0526. The Morgan fingerprint density at radius 1 is 0.463 bits per heavy atom. The first-order chi connectivity index (χ1) is 25.2. The Morgan fingerprint density at radius 3 is 1.06 bits per heavy atom. The van der Waals surface area contributed by atoms with E-state index in [9.17, 15) is 10.2 Å². The van der Waals surface area contributed by atoms with Crippen LogP contribution in [0, 0.1) is 30.6 Å².